The molecule has 1 fully saturated rings. The fraction of sp³-hybridized carbons (Fsp3) is 0.571. The van der Waals surface area contributed by atoms with Gasteiger partial charge < -0.3 is 4.90 Å². The van der Waals surface area contributed by atoms with Crippen molar-refractivity contribution in [1.29, 1.82) is 0 Å². The third kappa shape index (κ3) is 2.43. The first-order valence-electron chi connectivity index (χ1n) is 6.81. The van der Waals surface area contributed by atoms with Gasteiger partial charge in [-0.25, -0.2) is 9.97 Å². The van der Waals surface area contributed by atoms with Gasteiger partial charge in [-0.15, -0.1) is 22.9 Å². The van der Waals surface area contributed by atoms with Gasteiger partial charge in [0.15, 0.2) is 0 Å². The molecule has 3 rings (SSSR count). The van der Waals surface area contributed by atoms with E-state index in [1.54, 1.807) is 17.7 Å². The SMILES string of the molecule is CCc1cc2c(N3CCC(C)C(Cl)C3)ncnc2s1. The van der Waals surface area contributed by atoms with Gasteiger partial charge in [0, 0.05) is 18.0 Å². The Morgan fingerprint density at radius 1 is 1.47 bits per heavy atom. The van der Waals surface area contributed by atoms with E-state index in [4.69, 9.17) is 11.6 Å². The van der Waals surface area contributed by atoms with Crippen LogP contribution in [-0.4, -0.2) is 28.4 Å². The Kier molecular flexibility index (Phi) is 3.63. The molecule has 0 aromatic carbocycles. The monoisotopic (exact) mass is 295 g/mol. The number of aryl methyl sites for hydroxylation is 1. The number of rotatable bonds is 2. The van der Waals surface area contributed by atoms with Crippen molar-refractivity contribution in [2.24, 2.45) is 5.92 Å². The fourth-order valence-corrected chi connectivity index (χ4v) is 3.76. The number of anilines is 1. The summed E-state index contributed by atoms with van der Waals surface area (Å²) in [7, 11) is 0. The molecule has 0 bridgehead atoms. The molecule has 1 aliphatic heterocycles. The van der Waals surface area contributed by atoms with E-state index in [2.05, 4.69) is 34.8 Å². The standard InChI is InChI=1S/C14H18ClN3S/c1-3-10-6-11-13(16-8-17-14(11)19-10)18-5-4-9(2)12(15)7-18/h6,8-9,12H,3-5,7H2,1-2H3. The molecule has 3 heterocycles. The summed E-state index contributed by atoms with van der Waals surface area (Å²) in [6, 6.07) is 2.23. The van der Waals surface area contributed by atoms with Crippen LogP contribution in [0.15, 0.2) is 12.4 Å². The number of alkyl halides is 1. The second kappa shape index (κ2) is 5.25. The summed E-state index contributed by atoms with van der Waals surface area (Å²) in [5.74, 6) is 1.64. The molecule has 5 heteroatoms. The minimum atomic E-state index is 0.211. The van der Waals surface area contributed by atoms with E-state index in [0.717, 1.165) is 36.6 Å². The van der Waals surface area contributed by atoms with Crippen LogP contribution in [0, 0.1) is 5.92 Å². The van der Waals surface area contributed by atoms with Gasteiger partial charge in [0.25, 0.3) is 0 Å². The molecule has 0 saturated carbocycles. The van der Waals surface area contributed by atoms with Crippen molar-refractivity contribution in [3.63, 3.8) is 0 Å². The van der Waals surface area contributed by atoms with Gasteiger partial charge in [0.05, 0.1) is 10.8 Å². The lowest BCUT2D eigenvalue weighted by molar-refractivity contribution is 0.444. The van der Waals surface area contributed by atoms with Crippen molar-refractivity contribution >= 4 is 39.0 Å². The molecular weight excluding hydrogens is 278 g/mol. The summed E-state index contributed by atoms with van der Waals surface area (Å²) in [4.78, 5) is 13.7. The highest BCUT2D eigenvalue weighted by Crippen LogP contribution is 2.33. The Morgan fingerprint density at radius 2 is 2.32 bits per heavy atom. The maximum Gasteiger partial charge on any atom is 0.140 e. The van der Waals surface area contributed by atoms with Crippen molar-refractivity contribution in [3.8, 4) is 0 Å². The molecule has 0 N–H and O–H groups in total. The van der Waals surface area contributed by atoms with Crippen LogP contribution in [0.4, 0.5) is 5.82 Å². The molecule has 2 aromatic rings. The second-order valence-electron chi connectivity index (χ2n) is 5.21. The van der Waals surface area contributed by atoms with Gasteiger partial charge in [0.2, 0.25) is 0 Å². The molecule has 0 radical (unpaired) electrons. The van der Waals surface area contributed by atoms with Crippen LogP contribution in [0.25, 0.3) is 10.2 Å². The molecular formula is C14H18ClN3S. The summed E-state index contributed by atoms with van der Waals surface area (Å²) in [6.45, 7) is 6.32. The molecule has 0 spiro atoms. The molecule has 1 saturated heterocycles. The van der Waals surface area contributed by atoms with Crippen molar-refractivity contribution < 1.29 is 0 Å². The van der Waals surface area contributed by atoms with Crippen LogP contribution >= 0.6 is 22.9 Å². The summed E-state index contributed by atoms with van der Waals surface area (Å²) >= 11 is 8.18. The molecule has 102 valence electrons. The topological polar surface area (TPSA) is 29.0 Å². The summed E-state index contributed by atoms with van der Waals surface area (Å²) in [5.41, 5.74) is 0. The lowest BCUT2D eigenvalue weighted by Crippen LogP contribution is -2.40. The number of hydrogen-bond donors (Lipinski definition) is 0. The van der Waals surface area contributed by atoms with Crippen molar-refractivity contribution in [3.05, 3.63) is 17.3 Å². The molecule has 0 aliphatic carbocycles. The summed E-state index contributed by atoms with van der Waals surface area (Å²) < 4.78 is 0. The normalized spacial score (nSPS) is 24.1. The third-order valence-electron chi connectivity index (χ3n) is 3.87. The maximum absolute atomic E-state index is 6.41. The van der Waals surface area contributed by atoms with Crippen LogP contribution in [0.3, 0.4) is 0 Å². The fourth-order valence-electron chi connectivity index (χ4n) is 2.53. The Labute approximate surface area is 122 Å². The number of fused-ring (bicyclic) bond motifs is 1. The number of aromatic nitrogens is 2. The lowest BCUT2D eigenvalue weighted by atomic mass is 9.98. The molecule has 19 heavy (non-hydrogen) atoms. The minimum Gasteiger partial charge on any atom is -0.354 e. The Bertz CT molecular complexity index is 583. The molecule has 2 unspecified atom stereocenters. The van der Waals surface area contributed by atoms with E-state index in [0.29, 0.717) is 5.92 Å². The summed E-state index contributed by atoms with van der Waals surface area (Å²) in [6.07, 6.45) is 3.86. The van der Waals surface area contributed by atoms with Crippen LogP contribution in [0.1, 0.15) is 25.1 Å². The van der Waals surface area contributed by atoms with E-state index >= 15 is 0 Å². The van der Waals surface area contributed by atoms with E-state index in [9.17, 15) is 0 Å². The Morgan fingerprint density at radius 3 is 3.05 bits per heavy atom. The number of halogens is 1. The summed E-state index contributed by atoms with van der Waals surface area (Å²) in [5, 5.41) is 1.39. The van der Waals surface area contributed by atoms with Gasteiger partial charge in [-0.2, -0.15) is 0 Å². The van der Waals surface area contributed by atoms with Crippen molar-refractivity contribution in [1.82, 2.24) is 9.97 Å². The molecule has 2 aromatic heterocycles. The average Bonchev–Trinajstić information content (AvgIpc) is 2.85. The van der Waals surface area contributed by atoms with Crippen molar-refractivity contribution in [2.45, 2.75) is 32.1 Å². The van der Waals surface area contributed by atoms with E-state index in [1.807, 2.05) is 0 Å². The zero-order valence-corrected chi connectivity index (χ0v) is 12.8. The van der Waals surface area contributed by atoms with E-state index in [-0.39, 0.29) is 5.38 Å². The first-order chi connectivity index (χ1) is 9.19. The number of nitrogens with zero attached hydrogens (tertiary/aromatic N) is 3. The number of piperidine rings is 1. The van der Waals surface area contributed by atoms with Crippen molar-refractivity contribution in [2.75, 3.05) is 18.0 Å². The van der Waals surface area contributed by atoms with Gasteiger partial charge in [-0.1, -0.05) is 13.8 Å². The number of hydrogen-bond acceptors (Lipinski definition) is 4. The molecule has 1 aliphatic rings. The van der Waals surface area contributed by atoms with Crippen LogP contribution in [0.5, 0.6) is 0 Å². The van der Waals surface area contributed by atoms with E-state index < -0.39 is 0 Å². The Balaban J connectivity index is 1.98. The zero-order valence-electron chi connectivity index (χ0n) is 11.3. The Hall–Kier alpha value is -0.870. The molecule has 0 amide bonds. The quantitative estimate of drug-likeness (QED) is 0.791. The highest BCUT2D eigenvalue weighted by atomic mass is 35.5. The largest absolute Gasteiger partial charge is 0.354 e. The van der Waals surface area contributed by atoms with Gasteiger partial charge in [-0.05, 0) is 24.8 Å². The highest BCUT2D eigenvalue weighted by molar-refractivity contribution is 7.18. The zero-order chi connectivity index (χ0) is 13.4. The van der Waals surface area contributed by atoms with Crippen LogP contribution in [-0.2, 0) is 6.42 Å². The van der Waals surface area contributed by atoms with E-state index in [1.165, 1.54) is 10.3 Å². The minimum absolute atomic E-state index is 0.211. The first kappa shape index (κ1) is 13.1. The predicted octanol–water partition coefficient (Wildman–Crippen LogP) is 3.71. The lowest BCUT2D eigenvalue weighted by Gasteiger charge is -2.34. The van der Waals surface area contributed by atoms with Crippen LogP contribution in [0.2, 0.25) is 0 Å². The predicted molar refractivity (Wildman–Crippen MR) is 82.4 cm³/mol. The third-order valence-corrected chi connectivity index (χ3v) is 5.63. The maximum atomic E-state index is 6.41. The van der Waals surface area contributed by atoms with Gasteiger partial charge in [0.1, 0.15) is 17.0 Å². The van der Waals surface area contributed by atoms with Crippen LogP contribution < -0.4 is 4.90 Å². The smallest absolute Gasteiger partial charge is 0.140 e. The number of thiophene rings is 1. The highest BCUT2D eigenvalue weighted by Gasteiger charge is 2.26. The second-order valence-corrected chi connectivity index (χ2v) is 6.89. The van der Waals surface area contributed by atoms with Gasteiger partial charge in [-0.3, -0.25) is 0 Å². The first-order valence-corrected chi connectivity index (χ1v) is 8.06. The van der Waals surface area contributed by atoms with Gasteiger partial charge >= 0.3 is 0 Å². The molecule has 3 nitrogen and oxygen atoms in total. The molecule has 2 atom stereocenters. The average molecular weight is 296 g/mol.